The van der Waals surface area contributed by atoms with E-state index in [1.165, 1.54) is 11.3 Å². The number of hydrogen-bond donors (Lipinski definition) is 1. The Bertz CT molecular complexity index is 604. The Kier molecular flexibility index (Phi) is 6.17. The Morgan fingerprint density at radius 2 is 1.91 bits per heavy atom. The van der Waals surface area contributed by atoms with Crippen LogP contribution in [0.5, 0.6) is 0 Å². The number of nitrogens with zero attached hydrogens (tertiary/aromatic N) is 3. The van der Waals surface area contributed by atoms with E-state index in [9.17, 15) is 0 Å². The van der Waals surface area contributed by atoms with Gasteiger partial charge in [-0.25, -0.2) is 4.68 Å². The van der Waals surface area contributed by atoms with Crippen LogP contribution in [0.2, 0.25) is 0 Å². The van der Waals surface area contributed by atoms with Crippen molar-refractivity contribution in [3.63, 3.8) is 0 Å². The van der Waals surface area contributed by atoms with E-state index in [4.69, 9.17) is 5.10 Å². The van der Waals surface area contributed by atoms with Gasteiger partial charge in [0.25, 0.3) is 0 Å². The molecule has 1 heterocycles. The van der Waals surface area contributed by atoms with E-state index in [-0.39, 0.29) is 0 Å². The SMILES string of the molecule is CCN(C)CCNCc1c(C)nn(-c2ccc(Br)cc2)c1C. The number of halogens is 1. The summed E-state index contributed by atoms with van der Waals surface area (Å²) in [5.41, 5.74) is 4.69. The third kappa shape index (κ3) is 4.18. The monoisotopic (exact) mass is 364 g/mol. The molecule has 120 valence electrons. The first-order valence-corrected chi connectivity index (χ1v) is 8.52. The molecule has 0 aliphatic heterocycles. The van der Waals surface area contributed by atoms with E-state index in [1.807, 2.05) is 16.8 Å². The second-order valence-corrected chi connectivity index (χ2v) is 6.53. The van der Waals surface area contributed by atoms with Crippen molar-refractivity contribution in [2.24, 2.45) is 0 Å². The molecule has 1 N–H and O–H groups in total. The molecule has 0 aliphatic rings. The maximum Gasteiger partial charge on any atom is 0.0649 e. The van der Waals surface area contributed by atoms with Crippen LogP contribution in [0.25, 0.3) is 5.69 Å². The average Bonchev–Trinajstić information content (AvgIpc) is 2.79. The number of nitrogens with one attached hydrogen (secondary N) is 1. The van der Waals surface area contributed by atoms with Crippen LogP contribution in [0.15, 0.2) is 28.7 Å². The fourth-order valence-electron chi connectivity index (χ4n) is 2.41. The maximum atomic E-state index is 4.69. The molecule has 0 aliphatic carbocycles. The zero-order valence-electron chi connectivity index (χ0n) is 13.9. The maximum absolute atomic E-state index is 4.69. The van der Waals surface area contributed by atoms with Gasteiger partial charge in [-0.05, 0) is 51.7 Å². The molecule has 1 aromatic carbocycles. The van der Waals surface area contributed by atoms with Gasteiger partial charge < -0.3 is 10.2 Å². The van der Waals surface area contributed by atoms with E-state index in [0.29, 0.717) is 0 Å². The summed E-state index contributed by atoms with van der Waals surface area (Å²) in [6.45, 7) is 10.4. The zero-order chi connectivity index (χ0) is 16.1. The van der Waals surface area contributed by atoms with Crippen LogP contribution in [0.1, 0.15) is 23.9 Å². The van der Waals surface area contributed by atoms with Gasteiger partial charge in [-0.15, -0.1) is 0 Å². The molecule has 5 heteroatoms. The molecule has 0 radical (unpaired) electrons. The van der Waals surface area contributed by atoms with Crippen LogP contribution in [-0.4, -0.2) is 41.4 Å². The van der Waals surface area contributed by atoms with Gasteiger partial charge >= 0.3 is 0 Å². The standard InChI is InChI=1S/C17H25BrN4/c1-5-21(4)11-10-19-12-17-13(2)20-22(14(17)3)16-8-6-15(18)7-9-16/h6-9,19H,5,10-12H2,1-4H3. The first-order valence-electron chi connectivity index (χ1n) is 7.73. The zero-order valence-corrected chi connectivity index (χ0v) is 15.4. The van der Waals surface area contributed by atoms with E-state index < -0.39 is 0 Å². The van der Waals surface area contributed by atoms with Crippen LogP contribution < -0.4 is 5.32 Å². The third-order valence-electron chi connectivity index (χ3n) is 4.02. The number of benzene rings is 1. The summed E-state index contributed by atoms with van der Waals surface area (Å²) >= 11 is 3.47. The molecule has 0 spiro atoms. The second kappa shape index (κ2) is 7.90. The Morgan fingerprint density at radius 1 is 1.23 bits per heavy atom. The topological polar surface area (TPSA) is 33.1 Å². The molecular weight excluding hydrogens is 340 g/mol. The lowest BCUT2D eigenvalue weighted by molar-refractivity contribution is 0.349. The minimum absolute atomic E-state index is 0.867. The molecule has 2 rings (SSSR count). The highest BCUT2D eigenvalue weighted by Crippen LogP contribution is 2.19. The highest BCUT2D eigenvalue weighted by Gasteiger charge is 2.12. The fourth-order valence-corrected chi connectivity index (χ4v) is 2.67. The van der Waals surface area contributed by atoms with Crippen molar-refractivity contribution in [3.05, 3.63) is 45.7 Å². The Morgan fingerprint density at radius 3 is 2.55 bits per heavy atom. The molecule has 0 saturated carbocycles. The summed E-state index contributed by atoms with van der Waals surface area (Å²) < 4.78 is 3.11. The van der Waals surface area contributed by atoms with Crippen LogP contribution in [0, 0.1) is 13.8 Å². The number of aryl methyl sites for hydroxylation is 1. The molecule has 22 heavy (non-hydrogen) atoms. The molecule has 0 amide bonds. The van der Waals surface area contributed by atoms with Crippen molar-refractivity contribution in [1.29, 1.82) is 0 Å². The van der Waals surface area contributed by atoms with Gasteiger partial charge in [-0.3, -0.25) is 0 Å². The van der Waals surface area contributed by atoms with Crippen molar-refractivity contribution < 1.29 is 0 Å². The summed E-state index contributed by atoms with van der Waals surface area (Å²) in [5, 5.41) is 8.21. The van der Waals surface area contributed by atoms with E-state index in [0.717, 1.165) is 42.0 Å². The predicted molar refractivity (Wildman–Crippen MR) is 95.6 cm³/mol. The van der Waals surface area contributed by atoms with Gasteiger partial charge in [0, 0.05) is 35.4 Å². The third-order valence-corrected chi connectivity index (χ3v) is 4.55. The molecule has 4 nitrogen and oxygen atoms in total. The van der Waals surface area contributed by atoms with E-state index >= 15 is 0 Å². The van der Waals surface area contributed by atoms with Crippen molar-refractivity contribution >= 4 is 15.9 Å². The van der Waals surface area contributed by atoms with Crippen LogP contribution in [0.4, 0.5) is 0 Å². The molecule has 0 atom stereocenters. The fraction of sp³-hybridized carbons (Fsp3) is 0.471. The van der Waals surface area contributed by atoms with Crippen LogP contribution in [-0.2, 0) is 6.54 Å². The molecular formula is C17H25BrN4. The molecule has 0 saturated heterocycles. The van der Waals surface area contributed by atoms with Crippen LogP contribution >= 0.6 is 15.9 Å². The highest BCUT2D eigenvalue weighted by atomic mass is 79.9. The Balaban J connectivity index is 2.05. The minimum atomic E-state index is 0.867. The van der Waals surface area contributed by atoms with Crippen molar-refractivity contribution in [2.75, 3.05) is 26.7 Å². The molecule has 0 bridgehead atoms. The van der Waals surface area contributed by atoms with Gasteiger partial charge in [0.1, 0.15) is 0 Å². The van der Waals surface area contributed by atoms with Crippen LogP contribution in [0.3, 0.4) is 0 Å². The largest absolute Gasteiger partial charge is 0.311 e. The Hall–Kier alpha value is -1.17. The average molecular weight is 365 g/mol. The number of rotatable bonds is 7. The summed E-state index contributed by atoms with van der Waals surface area (Å²) in [6, 6.07) is 8.25. The van der Waals surface area contributed by atoms with Gasteiger partial charge in [-0.1, -0.05) is 22.9 Å². The second-order valence-electron chi connectivity index (χ2n) is 5.61. The van der Waals surface area contributed by atoms with Gasteiger partial charge in [0.2, 0.25) is 0 Å². The number of likely N-dealkylation sites (N-methyl/N-ethyl adjacent to an activating group) is 1. The molecule has 0 unspecified atom stereocenters. The first kappa shape index (κ1) is 17.2. The van der Waals surface area contributed by atoms with Gasteiger partial charge in [0.15, 0.2) is 0 Å². The van der Waals surface area contributed by atoms with E-state index in [1.54, 1.807) is 0 Å². The predicted octanol–water partition coefficient (Wildman–Crippen LogP) is 3.29. The first-order chi connectivity index (χ1) is 10.5. The number of hydrogen-bond acceptors (Lipinski definition) is 3. The van der Waals surface area contributed by atoms with Crippen molar-refractivity contribution in [2.45, 2.75) is 27.3 Å². The van der Waals surface area contributed by atoms with Gasteiger partial charge in [0.05, 0.1) is 11.4 Å². The highest BCUT2D eigenvalue weighted by molar-refractivity contribution is 9.10. The quantitative estimate of drug-likeness (QED) is 0.765. The Labute approximate surface area is 141 Å². The van der Waals surface area contributed by atoms with Gasteiger partial charge in [-0.2, -0.15) is 5.10 Å². The summed E-state index contributed by atoms with van der Waals surface area (Å²) in [7, 11) is 2.14. The molecule has 0 fully saturated rings. The van der Waals surface area contributed by atoms with E-state index in [2.05, 4.69) is 66.1 Å². The van der Waals surface area contributed by atoms with Crippen molar-refractivity contribution in [3.8, 4) is 5.69 Å². The smallest absolute Gasteiger partial charge is 0.0649 e. The molecule has 2 aromatic rings. The lowest BCUT2D eigenvalue weighted by Gasteiger charge is -2.14. The lowest BCUT2D eigenvalue weighted by Crippen LogP contribution is -2.29. The number of aromatic nitrogens is 2. The molecule has 1 aromatic heterocycles. The summed E-state index contributed by atoms with van der Waals surface area (Å²) in [5.74, 6) is 0. The lowest BCUT2D eigenvalue weighted by atomic mass is 10.2. The minimum Gasteiger partial charge on any atom is -0.311 e. The van der Waals surface area contributed by atoms with Crippen molar-refractivity contribution in [1.82, 2.24) is 20.0 Å². The summed E-state index contributed by atoms with van der Waals surface area (Å²) in [4.78, 5) is 2.30. The normalized spacial score (nSPS) is 11.4. The summed E-state index contributed by atoms with van der Waals surface area (Å²) in [6.07, 6.45) is 0.